The summed E-state index contributed by atoms with van der Waals surface area (Å²) < 4.78 is 11.2. The van der Waals surface area contributed by atoms with Gasteiger partial charge in [-0.2, -0.15) is 5.10 Å². The fourth-order valence-electron chi connectivity index (χ4n) is 2.17. The Labute approximate surface area is 160 Å². The van der Waals surface area contributed by atoms with Gasteiger partial charge < -0.3 is 15.2 Å². The number of halogens is 1. The minimum Gasteiger partial charge on any atom is -0.493 e. The van der Waals surface area contributed by atoms with Gasteiger partial charge in [0.05, 0.1) is 13.3 Å². The summed E-state index contributed by atoms with van der Waals surface area (Å²) in [5.74, 6) is 1.73. The molecule has 134 valence electrons. The predicted octanol–water partition coefficient (Wildman–Crippen LogP) is 4.41. The first-order chi connectivity index (χ1) is 12.6. The van der Waals surface area contributed by atoms with E-state index in [9.17, 15) is 0 Å². The molecule has 3 aromatic rings. The molecular weight excluding hydrogens is 372 g/mol. The number of nitrogens with one attached hydrogen (secondary N) is 1. The Balaban J connectivity index is 1.69. The molecule has 0 aliphatic rings. The highest BCUT2D eigenvalue weighted by Gasteiger charge is 2.06. The minimum absolute atomic E-state index is 0.383. The number of rotatable bonds is 7. The Bertz CT molecular complexity index is 914. The van der Waals surface area contributed by atoms with E-state index in [4.69, 9.17) is 26.8 Å². The second-order valence-electron chi connectivity index (χ2n) is 5.28. The number of ether oxygens (including phenoxy) is 2. The number of anilines is 2. The lowest BCUT2D eigenvalue weighted by molar-refractivity contribution is 0.284. The quantitative estimate of drug-likeness (QED) is 0.462. The number of hydrogen-bond acceptors (Lipinski definition) is 7. The van der Waals surface area contributed by atoms with Crippen LogP contribution in [-0.2, 0) is 6.61 Å². The van der Waals surface area contributed by atoms with Gasteiger partial charge in [0, 0.05) is 10.4 Å². The molecule has 6 nitrogen and oxygen atoms in total. The van der Waals surface area contributed by atoms with Crippen LogP contribution in [0.15, 0.2) is 52.9 Å². The average molecular weight is 389 g/mol. The van der Waals surface area contributed by atoms with Crippen LogP contribution in [0.4, 0.5) is 10.9 Å². The fourth-order valence-corrected chi connectivity index (χ4v) is 2.94. The normalized spacial score (nSPS) is 10.8. The smallest absolute Gasteiger partial charge is 0.205 e. The third kappa shape index (κ3) is 4.87. The highest BCUT2D eigenvalue weighted by Crippen LogP contribution is 2.28. The largest absolute Gasteiger partial charge is 0.493 e. The summed E-state index contributed by atoms with van der Waals surface area (Å²) in [6, 6.07) is 13.1. The van der Waals surface area contributed by atoms with E-state index in [0.717, 1.165) is 11.1 Å². The molecule has 0 bridgehead atoms. The van der Waals surface area contributed by atoms with Crippen molar-refractivity contribution < 1.29 is 9.47 Å². The zero-order valence-electron chi connectivity index (χ0n) is 14.0. The molecule has 0 unspecified atom stereocenters. The molecular formula is C18H17ClN4O2S. The Kier molecular flexibility index (Phi) is 5.93. The molecule has 0 amide bonds. The van der Waals surface area contributed by atoms with Gasteiger partial charge in [0.2, 0.25) is 5.13 Å². The van der Waals surface area contributed by atoms with Gasteiger partial charge in [0.15, 0.2) is 11.5 Å². The van der Waals surface area contributed by atoms with E-state index in [-0.39, 0.29) is 0 Å². The number of nitrogen functional groups attached to an aromatic ring is 1. The van der Waals surface area contributed by atoms with Crippen molar-refractivity contribution in [2.75, 3.05) is 18.3 Å². The number of nitrogens with zero attached hydrogens (tertiary/aromatic N) is 2. The Morgan fingerprint density at radius 2 is 2.15 bits per heavy atom. The van der Waals surface area contributed by atoms with Gasteiger partial charge in [-0.3, -0.25) is 5.43 Å². The Morgan fingerprint density at radius 3 is 2.88 bits per heavy atom. The first kappa shape index (κ1) is 18.0. The van der Waals surface area contributed by atoms with E-state index < -0.39 is 0 Å². The van der Waals surface area contributed by atoms with Crippen molar-refractivity contribution in [3.8, 4) is 11.5 Å². The van der Waals surface area contributed by atoms with E-state index >= 15 is 0 Å². The molecule has 0 spiro atoms. The molecule has 0 atom stereocenters. The lowest BCUT2D eigenvalue weighted by Gasteiger charge is -2.11. The zero-order valence-corrected chi connectivity index (χ0v) is 15.6. The van der Waals surface area contributed by atoms with Crippen LogP contribution < -0.4 is 20.6 Å². The molecule has 3 N–H and O–H groups in total. The van der Waals surface area contributed by atoms with Crippen LogP contribution in [0.2, 0.25) is 5.02 Å². The van der Waals surface area contributed by atoms with E-state index in [0.29, 0.717) is 34.1 Å². The van der Waals surface area contributed by atoms with Crippen LogP contribution in [0.5, 0.6) is 11.5 Å². The molecule has 0 aliphatic carbocycles. The van der Waals surface area contributed by atoms with E-state index in [1.165, 1.54) is 11.3 Å². The van der Waals surface area contributed by atoms with Crippen LogP contribution in [0.1, 0.15) is 11.1 Å². The zero-order chi connectivity index (χ0) is 18.4. The molecule has 1 aromatic heterocycles. The van der Waals surface area contributed by atoms with Crippen molar-refractivity contribution in [2.45, 2.75) is 6.61 Å². The molecule has 0 saturated carbocycles. The summed E-state index contributed by atoms with van der Waals surface area (Å²) in [5.41, 5.74) is 10.2. The second kappa shape index (κ2) is 8.55. The van der Waals surface area contributed by atoms with Crippen LogP contribution in [0, 0.1) is 0 Å². The third-order valence-corrected chi connectivity index (χ3v) is 4.37. The number of methoxy groups -OCH3 is 1. The lowest BCUT2D eigenvalue weighted by atomic mass is 10.2. The lowest BCUT2D eigenvalue weighted by Crippen LogP contribution is -1.99. The van der Waals surface area contributed by atoms with Crippen LogP contribution in [-0.4, -0.2) is 18.3 Å². The van der Waals surface area contributed by atoms with E-state index in [2.05, 4.69) is 15.5 Å². The maximum absolute atomic E-state index is 6.00. The maximum Gasteiger partial charge on any atom is 0.205 e. The minimum atomic E-state index is 0.383. The van der Waals surface area contributed by atoms with Gasteiger partial charge in [-0.15, -0.1) is 11.3 Å². The molecule has 26 heavy (non-hydrogen) atoms. The van der Waals surface area contributed by atoms with Crippen LogP contribution in [0.3, 0.4) is 0 Å². The van der Waals surface area contributed by atoms with Crippen LogP contribution in [0.25, 0.3) is 0 Å². The first-order valence-electron chi connectivity index (χ1n) is 7.69. The standard InChI is InChI=1S/C18H17ClN4O2S/c1-24-15-6-5-12(9-21-23-18-22-17(20)11-26-18)8-16(15)25-10-13-3-2-4-14(19)7-13/h2-9,11H,10,20H2,1H3,(H,22,23). The van der Waals surface area contributed by atoms with Gasteiger partial charge >= 0.3 is 0 Å². The summed E-state index contributed by atoms with van der Waals surface area (Å²) in [6.07, 6.45) is 1.67. The third-order valence-electron chi connectivity index (χ3n) is 3.37. The van der Waals surface area contributed by atoms with Gasteiger partial charge in [0.25, 0.3) is 0 Å². The number of hydrazone groups is 1. The summed E-state index contributed by atoms with van der Waals surface area (Å²) in [4.78, 5) is 4.07. The van der Waals surface area contributed by atoms with Crippen molar-refractivity contribution in [3.63, 3.8) is 0 Å². The summed E-state index contributed by atoms with van der Waals surface area (Å²) in [7, 11) is 1.60. The van der Waals surface area contributed by atoms with Crippen molar-refractivity contribution in [1.29, 1.82) is 0 Å². The molecule has 3 rings (SSSR count). The van der Waals surface area contributed by atoms with Gasteiger partial charge in [-0.05, 0) is 41.5 Å². The van der Waals surface area contributed by atoms with Crippen molar-refractivity contribution in [3.05, 3.63) is 64.0 Å². The molecule has 0 saturated heterocycles. The first-order valence-corrected chi connectivity index (χ1v) is 8.95. The fraction of sp³-hybridized carbons (Fsp3) is 0.111. The Morgan fingerprint density at radius 1 is 1.27 bits per heavy atom. The predicted molar refractivity (Wildman–Crippen MR) is 107 cm³/mol. The molecule has 2 aromatic carbocycles. The summed E-state index contributed by atoms with van der Waals surface area (Å²) >= 11 is 7.39. The average Bonchev–Trinajstić information content (AvgIpc) is 3.05. The maximum atomic E-state index is 6.00. The molecule has 0 aliphatic heterocycles. The summed E-state index contributed by atoms with van der Waals surface area (Å²) in [5, 5.41) is 7.20. The number of thiazole rings is 1. The molecule has 0 fully saturated rings. The van der Waals surface area contributed by atoms with Crippen molar-refractivity contribution in [2.24, 2.45) is 5.10 Å². The highest BCUT2D eigenvalue weighted by molar-refractivity contribution is 7.14. The second-order valence-corrected chi connectivity index (χ2v) is 6.57. The number of benzene rings is 2. The van der Waals surface area contributed by atoms with E-state index in [1.54, 1.807) is 18.7 Å². The van der Waals surface area contributed by atoms with Crippen LogP contribution >= 0.6 is 22.9 Å². The monoisotopic (exact) mass is 388 g/mol. The van der Waals surface area contributed by atoms with Gasteiger partial charge in [-0.1, -0.05) is 23.7 Å². The molecule has 0 radical (unpaired) electrons. The SMILES string of the molecule is COc1ccc(C=NNc2nc(N)cs2)cc1OCc1cccc(Cl)c1. The van der Waals surface area contributed by atoms with Gasteiger partial charge in [0.1, 0.15) is 12.4 Å². The summed E-state index contributed by atoms with van der Waals surface area (Å²) in [6.45, 7) is 0.383. The topological polar surface area (TPSA) is 81.8 Å². The van der Waals surface area contributed by atoms with Gasteiger partial charge in [-0.25, -0.2) is 4.98 Å². The molecule has 1 heterocycles. The number of nitrogens with two attached hydrogens (primary N) is 1. The van der Waals surface area contributed by atoms with Crippen molar-refractivity contribution in [1.82, 2.24) is 4.98 Å². The van der Waals surface area contributed by atoms with E-state index in [1.807, 2.05) is 42.5 Å². The molecule has 8 heteroatoms. The highest BCUT2D eigenvalue weighted by atomic mass is 35.5. The number of hydrogen-bond donors (Lipinski definition) is 2. The van der Waals surface area contributed by atoms with Crippen molar-refractivity contribution >= 4 is 40.1 Å². The Hall–Kier alpha value is -2.77. The number of aromatic nitrogens is 1.